The molecule has 3 aliphatic heterocycles. The number of fused-ring (bicyclic) bond motifs is 1. The van der Waals surface area contributed by atoms with Gasteiger partial charge in [0.1, 0.15) is 24.1 Å². The molecule has 3 heterocycles. The minimum absolute atomic E-state index is 0.00539. The first-order chi connectivity index (χ1) is 15.6. The van der Waals surface area contributed by atoms with E-state index >= 15 is 0 Å². The number of nitrogens with zero attached hydrogens (tertiary/aromatic N) is 1. The first-order valence-electron chi connectivity index (χ1n) is 11.0. The van der Waals surface area contributed by atoms with Crippen molar-refractivity contribution < 1.29 is 28.6 Å². The lowest BCUT2D eigenvalue weighted by Gasteiger charge is -2.26. The normalized spacial score (nSPS) is 31.2. The molecule has 2 aromatic carbocycles. The van der Waals surface area contributed by atoms with Crippen molar-refractivity contribution in [2.45, 2.75) is 63.7 Å². The van der Waals surface area contributed by atoms with E-state index in [1.165, 1.54) is 6.07 Å². The van der Waals surface area contributed by atoms with Crippen LogP contribution in [0.1, 0.15) is 38.8 Å². The summed E-state index contributed by atoms with van der Waals surface area (Å²) in [6.07, 6.45) is -1.70. The second-order valence-electron chi connectivity index (χ2n) is 9.38. The van der Waals surface area contributed by atoms with Gasteiger partial charge in [-0.3, -0.25) is 10.1 Å². The molecular weight excluding hydrogens is 426 g/mol. The Morgan fingerprint density at radius 2 is 1.64 bits per heavy atom. The fraction of sp³-hybridized carbons (Fsp3) is 0.440. The molecule has 3 fully saturated rings. The minimum atomic E-state index is -0.817. The first-order valence-corrected chi connectivity index (χ1v) is 11.0. The summed E-state index contributed by atoms with van der Waals surface area (Å²) >= 11 is 0. The fourth-order valence-electron chi connectivity index (χ4n) is 4.71. The third-order valence-corrected chi connectivity index (χ3v) is 6.03. The maximum Gasteiger partial charge on any atom is 0.270 e. The molecule has 33 heavy (non-hydrogen) atoms. The summed E-state index contributed by atoms with van der Waals surface area (Å²) < 4.78 is 31.0. The molecule has 0 unspecified atom stereocenters. The van der Waals surface area contributed by atoms with Crippen LogP contribution in [0, 0.1) is 10.1 Å². The van der Waals surface area contributed by atoms with E-state index in [0.29, 0.717) is 17.9 Å². The molecule has 0 aliphatic carbocycles. The number of ether oxygens (including phenoxy) is 5. The lowest BCUT2D eigenvalue weighted by atomic mass is 9.94. The van der Waals surface area contributed by atoms with Crippen LogP contribution in [0.3, 0.4) is 0 Å². The Balaban J connectivity index is 1.65. The zero-order valence-electron chi connectivity index (χ0n) is 19.0. The summed E-state index contributed by atoms with van der Waals surface area (Å²) in [7, 11) is 0. The van der Waals surface area contributed by atoms with Crippen LogP contribution < -0.4 is 0 Å². The van der Waals surface area contributed by atoms with Crippen LogP contribution in [0.2, 0.25) is 0 Å². The van der Waals surface area contributed by atoms with E-state index < -0.39 is 34.8 Å². The van der Waals surface area contributed by atoms with Crippen molar-refractivity contribution in [1.29, 1.82) is 0 Å². The molecule has 0 bridgehead atoms. The summed E-state index contributed by atoms with van der Waals surface area (Å²) in [5.74, 6) is -0.953. The highest BCUT2D eigenvalue weighted by molar-refractivity contribution is 5.83. The van der Waals surface area contributed by atoms with Gasteiger partial charge >= 0.3 is 0 Å². The number of benzene rings is 2. The topological polar surface area (TPSA) is 89.3 Å². The second kappa shape index (κ2) is 7.92. The quantitative estimate of drug-likeness (QED) is 0.500. The molecule has 2 aromatic rings. The molecule has 0 N–H and O–H groups in total. The summed E-state index contributed by atoms with van der Waals surface area (Å²) in [6, 6.07) is 16.2. The van der Waals surface area contributed by atoms with E-state index in [4.69, 9.17) is 23.7 Å². The molecule has 3 aliphatic rings. The van der Waals surface area contributed by atoms with Gasteiger partial charge in [0.15, 0.2) is 17.7 Å². The molecule has 0 saturated carbocycles. The van der Waals surface area contributed by atoms with E-state index in [1.807, 2.05) is 64.1 Å². The van der Waals surface area contributed by atoms with Gasteiger partial charge in [-0.05, 0) is 38.8 Å². The highest BCUT2D eigenvalue weighted by Gasteiger charge is 2.58. The number of hydrogen-bond acceptors (Lipinski definition) is 7. The summed E-state index contributed by atoms with van der Waals surface area (Å²) in [6.45, 7) is 7.83. The molecule has 0 spiro atoms. The SMILES string of the molecule is CC1(C)OC[C@H]([C@@H]2O/C(=C(/c3ccccc3)c3cccc([N+](=O)[O-])c3)[C@@H]3OC(C)(C)O[C@H]23)O1. The molecule has 0 radical (unpaired) electrons. The number of hydrogen-bond donors (Lipinski definition) is 0. The monoisotopic (exact) mass is 453 g/mol. The van der Waals surface area contributed by atoms with Crippen LogP contribution in [-0.4, -0.2) is 47.5 Å². The Morgan fingerprint density at radius 1 is 0.909 bits per heavy atom. The molecular formula is C25H27NO7. The average molecular weight is 453 g/mol. The maximum atomic E-state index is 11.5. The van der Waals surface area contributed by atoms with Gasteiger partial charge in [-0.2, -0.15) is 0 Å². The Kier molecular flexibility index (Phi) is 5.29. The molecule has 4 atom stereocenters. The van der Waals surface area contributed by atoms with Crippen molar-refractivity contribution in [2.75, 3.05) is 6.61 Å². The highest BCUT2D eigenvalue weighted by atomic mass is 16.8. The van der Waals surface area contributed by atoms with Gasteiger partial charge in [0, 0.05) is 17.7 Å². The summed E-state index contributed by atoms with van der Waals surface area (Å²) in [5, 5.41) is 11.5. The van der Waals surface area contributed by atoms with Crippen molar-refractivity contribution in [1.82, 2.24) is 0 Å². The number of non-ortho nitro benzene ring substituents is 1. The molecule has 8 nitrogen and oxygen atoms in total. The first kappa shape index (κ1) is 22.0. The van der Waals surface area contributed by atoms with Gasteiger partial charge in [-0.15, -0.1) is 0 Å². The largest absolute Gasteiger partial charge is 0.486 e. The Morgan fingerprint density at radius 3 is 2.30 bits per heavy atom. The third-order valence-electron chi connectivity index (χ3n) is 6.03. The van der Waals surface area contributed by atoms with Gasteiger partial charge in [0.05, 0.1) is 11.5 Å². The fourth-order valence-corrected chi connectivity index (χ4v) is 4.71. The second-order valence-corrected chi connectivity index (χ2v) is 9.38. The Bertz CT molecular complexity index is 1090. The van der Waals surface area contributed by atoms with Crippen LogP contribution in [-0.2, 0) is 23.7 Å². The van der Waals surface area contributed by atoms with Crippen LogP contribution in [0.25, 0.3) is 5.57 Å². The Hall–Kier alpha value is -2.78. The predicted molar refractivity (Wildman–Crippen MR) is 119 cm³/mol. The van der Waals surface area contributed by atoms with E-state index in [-0.39, 0.29) is 11.8 Å². The van der Waals surface area contributed by atoms with Crippen molar-refractivity contribution in [3.63, 3.8) is 0 Å². The molecule has 8 heteroatoms. The number of rotatable bonds is 4. The van der Waals surface area contributed by atoms with Crippen molar-refractivity contribution in [2.24, 2.45) is 0 Å². The molecule has 5 rings (SSSR count). The molecule has 0 amide bonds. The van der Waals surface area contributed by atoms with Crippen molar-refractivity contribution in [3.8, 4) is 0 Å². The van der Waals surface area contributed by atoms with E-state index in [0.717, 1.165) is 11.1 Å². The van der Waals surface area contributed by atoms with E-state index in [2.05, 4.69) is 0 Å². The smallest absolute Gasteiger partial charge is 0.270 e. The zero-order chi connectivity index (χ0) is 23.4. The standard InChI is InChI=1S/C25H27NO7/c1-24(2)29-14-18(31-24)20-22-23(33-25(3,4)32-22)21(30-20)19(15-9-6-5-7-10-15)16-11-8-12-17(13-16)26(27)28/h5-13,18,20,22-23H,14H2,1-4H3/b21-19-/t18-,20+,22-,23+/m1/s1. The zero-order valence-corrected chi connectivity index (χ0v) is 19.0. The van der Waals surface area contributed by atoms with E-state index in [9.17, 15) is 10.1 Å². The van der Waals surface area contributed by atoms with Gasteiger partial charge in [0.2, 0.25) is 0 Å². The molecule has 174 valence electrons. The minimum Gasteiger partial charge on any atom is -0.486 e. The van der Waals surface area contributed by atoms with Crippen LogP contribution in [0.15, 0.2) is 60.4 Å². The Labute approximate surface area is 192 Å². The average Bonchev–Trinajstić information content (AvgIpc) is 3.39. The van der Waals surface area contributed by atoms with Gasteiger partial charge in [0.25, 0.3) is 5.69 Å². The molecule has 0 aromatic heterocycles. The van der Waals surface area contributed by atoms with E-state index in [1.54, 1.807) is 12.1 Å². The van der Waals surface area contributed by atoms with Crippen LogP contribution in [0.5, 0.6) is 0 Å². The van der Waals surface area contributed by atoms with Gasteiger partial charge < -0.3 is 23.7 Å². The van der Waals surface area contributed by atoms with Gasteiger partial charge in [-0.1, -0.05) is 42.5 Å². The number of nitro benzene ring substituents is 1. The molecule has 3 saturated heterocycles. The van der Waals surface area contributed by atoms with Crippen molar-refractivity contribution in [3.05, 3.63) is 81.6 Å². The predicted octanol–water partition coefficient (Wildman–Crippen LogP) is 4.42. The van der Waals surface area contributed by atoms with Gasteiger partial charge in [-0.25, -0.2) is 0 Å². The highest BCUT2D eigenvalue weighted by Crippen LogP contribution is 2.47. The maximum absolute atomic E-state index is 11.5. The van der Waals surface area contributed by atoms with Crippen LogP contribution in [0.4, 0.5) is 5.69 Å². The van der Waals surface area contributed by atoms with Crippen LogP contribution >= 0.6 is 0 Å². The lowest BCUT2D eigenvalue weighted by Crippen LogP contribution is -2.40. The van der Waals surface area contributed by atoms with Crippen molar-refractivity contribution >= 4 is 11.3 Å². The number of nitro groups is 1. The summed E-state index contributed by atoms with van der Waals surface area (Å²) in [5.41, 5.74) is 2.27. The third kappa shape index (κ3) is 4.15. The lowest BCUT2D eigenvalue weighted by molar-refractivity contribution is -0.384. The summed E-state index contributed by atoms with van der Waals surface area (Å²) in [4.78, 5) is 11.1.